The van der Waals surface area contributed by atoms with E-state index in [-0.39, 0.29) is 35.1 Å². The third kappa shape index (κ3) is 3.29. The van der Waals surface area contributed by atoms with E-state index in [4.69, 9.17) is 16.3 Å². The summed E-state index contributed by atoms with van der Waals surface area (Å²) in [6.45, 7) is 2.04. The van der Waals surface area contributed by atoms with Gasteiger partial charge in [0.05, 0.1) is 23.6 Å². The summed E-state index contributed by atoms with van der Waals surface area (Å²) in [4.78, 5) is 16.7. The Hall–Kier alpha value is -2.03. The average molecular weight is 417 g/mol. The maximum Gasteiger partial charge on any atom is 0.417 e. The topological polar surface area (TPSA) is 68.5 Å². The van der Waals surface area contributed by atoms with Crippen LogP contribution in [-0.4, -0.2) is 32.7 Å². The van der Waals surface area contributed by atoms with Crippen LogP contribution < -0.4 is 5.32 Å². The van der Waals surface area contributed by atoms with Crippen molar-refractivity contribution >= 4 is 28.9 Å². The van der Waals surface area contributed by atoms with Gasteiger partial charge < -0.3 is 10.1 Å². The summed E-state index contributed by atoms with van der Waals surface area (Å²) in [5.74, 6) is 0.0232. The van der Waals surface area contributed by atoms with E-state index in [9.17, 15) is 18.0 Å². The highest BCUT2D eigenvalue weighted by Gasteiger charge is 2.52. The lowest BCUT2D eigenvalue weighted by molar-refractivity contribution is -0.154. The molecule has 1 unspecified atom stereocenters. The van der Waals surface area contributed by atoms with Crippen LogP contribution in [-0.2, 0) is 15.7 Å². The highest BCUT2D eigenvalue weighted by atomic mass is 35.5. The second kappa shape index (κ2) is 6.79. The van der Waals surface area contributed by atoms with Crippen molar-refractivity contribution in [2.24, 2.45) is 11.8 Å². The molecule has 0 aromatic carbocycles. The van der Waals surface area contributed by atoms with E-state index in [1.54, 1.807) is 6.92 Å². The van der Waals surface area contributed by atoms with Crippen LogP contribution in [0.15, 0.2) is 12.3 Å². The van der Waals surface area contributed by atoms with Gasteiger partial charge in [-0.25, -0.2) is 4.52 Å². The molecule has 28 heavy (non-hydrogen) atoms. The van der Waals surface area contributed by atoms with E-state index in [0.29, 0.717) is 12.3 Å². The van der Waals surface area contributed by atoms with Crippen LogP contribution in [0.1, 0.15) is 44.6 Å². The molecule has 2 aromatic rings. The van der Waals surface area contributed by atoms with Crippen molar-refractivity contribution in [3.63, 3.8) is 0 Å². The smallest absolute Gasteiger partial charge is 0.417 e. The van der Waals surface area contributed by atoms with Gasteiger partial charge in [-0.1, -0.05) is 0 Å². The lowest BCUT2D eigenvalue weighted by atomic mass is 9.59. The van der Waals surface area contributed by atoms with Gasteiger partial charge >= 0.3 is 12.1 Å². The fourth-order valence-electron chi connectivity index (χ4n) is 4.57. The predicted octanol–water partition coefficient (Wildman–Crippen LogP) is 4.33. The molecule has 3 aliphatic carbocycles. The minimum absolute atomic E-state index is 0.168. The SMILES string of the molecule is CCOC(=O)C1CC2CCC1(Nc1nc(Cl)nn3cc(C(F)(F)F)cc13)CC2. The normalized spacial score (nSPS) is 27.2. The van der Waals surface area contributed by atoms with E-state index >= 15 is 0 Å². The van der Waals surface area contributed by atoms with Crippen molar-refractivity contribution in [3.05, 3.63) is 23.1 Å². The molecular weight excluding hydrogens is 397 g/mol. The molecule has 1 N–H and O–H groups in total. The van der Waals surface area contributed by atoms with Crippen LogP contribution in [0.4, 0.5) is 19.0 Å². The molecule has 3 fully saturated rings. The zero-order valence-electron chi connectivity index (χ0n) is 15.2. The second-order valence-corrected chi connectivity index (χ2v) is 7.89. The number of anilines is 1. The molecule has 1 atom stereocenters. The lowest BCUT2D eigenvalue weighted by Crippen LogP contribution is -2.56. The minimum Gasteiger partial charge on any atom is -0.466 e. The van der Waals surface area contributed by atoms with E-state index in [2.05, 4.69) is 15.4 Å². The Morgan fingerprint density at radius 3 is 2.79 bits per heavy atom. The molecule has 0 spiro atoms. The predicted molar refractivity (Wildman–Crippen MR) is 96.1 cm³/mol. The van der Waals surface area contributed by atoms with Crippen molar-refractivity contribution in [2.45, 2.75) is 50.7 Å². The van der Waals surface area contributed by atoms with E-state index in [0.717, 1.165) is 42.5 Å². The Morgan fingerprint density at radius 2 is 2.14 bits per heavy atom. The highest BCUT2D eigenvalue weighted by molar-refractivity contribution is 6.28. The third-order valence-electron chi connectivity index (χ3n) is 5.94. The van der Waals surface area contributed by atoms with Gasteiger partial charge in [-0.15, -0.1) is 5.10 Å². The number of nitrogens with one attached hydrogen (secondary N) is 1. The van der Waals surface area contributed by atoms with Crippen LogP contribution in [0.3, 0.4) is 0 Å². The monoisotopic (exact) mass is 416 g/mol. The zero-order valence-corrected chi connectivity index (χ0v) is 16.0. The Balaban J connectivity index is 1.75. The number of hydrogen-bond donors (Lipinski definition) is 1. The molecule has 3 aliphatic rings. The first kappa shape index (κ1) is 19.3. The van der Waals surface area contributed by atoms with Crippen LogP contribution in [0.5, 0.6) is 0 Å². The summed E-state index contributed by atoms with van der Waals surface area (Å²) in [5.41, 5.74) is -1.28. The molecule has 0 amide bonds. The number of ether oxygens (including phenoxy) is 1. The van der Waals surface area contributed by atoms with Crippen LogP contribution in [0.2, 0.25) is 5.28 Å². The molecule has 3 saturated carbocycles. The molecule has 10 heteroatoms. The van der Waals surface area contributed by atoms with E-state index in [1.807, 2.05) is 0 Å². The standard InChI is InChI=1S/C18H20ClF3N4O2/c1-2-28-15(27)12-7-10-3-5-17(12,6-4-10)24-14-13-8-11(18(20,21)22)9-26(13)25-16(19)23-14/h8-10,12H,2-7H2,1H3,(H,23,24,25). The number of fused-ring (bicyclic) bond motifs is 4. The van der Waals surface area contributed by atoms with Gasteiger partial charge in [-0.05, 0) is 62.6 Å². The van der Waals surface area contributed by atoms with Crippen LogP contribution >= 0.6 is 11.6 Å². The zero-order chi connectivity index (χ0) is 20.1. The van der Waals surface area contributed by atoms with Gasteiger partial charge in [-0.2, -0.15) is 18.2 Å². The fourth-order valence-corrected chi connectivity index (χ4v) is 4.73. The Labute approximate surface area is 164 Å². The van der Waals surface area contributed by atoms with Gasteiger partial charge in [-0.3, -0.25) is 4.79 Å². The number of rotatable bonds is 4. The molecule has 5 rings (SSSR count). The van der Waals surface area contributed by atoms with Crippen LogP contribution in [0.25, 0.3) is 5.52 Å². The van der Waals surface area contributed by atoms with Crippen molar-refractivity contribution in [2.75, 3.05) is 11.9 Å². The van der Waals surface area contributed by atoms with Crippen molar-refractivity contribution < 1.29 is 22.7 Å². The number of esters is 1. The van der Waals surface area contributed by atoms with Crippen molar-refractivity contribution in [1.82, 2.24) is 14.6 Å². The lowest BCUT2D eigenvalue weighted by Gasteiger charge is -2.51. The Morgan fingerprint density at radius 1 is 1.43 bits per heavy atom. The van der Waals surface area contributed by atoms with Crippen molar-refractivity contribution in [3.8, 4) is 0 Å². The number of aromatic nitrogens is 3. The molecular formula is C18H20ClF3N4O2. The Bertz CT molecular complexity index is 906. The number of hydrogen-bond acceptors (Lipinski definition) is 5. The fraction of sp³-hybridized carbons (Fsp3) is 0.611. The van der Waals surface area contributed by atoms with Crippen LogP contribution in [0, 0.1) is 11.8 Å². The number of halogens is 4. The molecule has 0 saturated heterocycles. The van der Waals surface area contributed by atoms with E-state index in [1.165, 1.54) is 0 Å². The van der Waals surface area contributed by atoms with Gasteiger partial charge in [0.2, 0.25) is 5.28 Å². The first-order valence-electron chi connectivity index (χ1n) is 9.30. The third-order valence-corrected chi connectivity index (χ3v) is 6.10. The van der Waals surface area contributed by atoms with Gasteiger partial charge in [0.1, 0.15) is 5.52 Å². The molecule has 2 bridgehead atoms. The van der Waals surface area contributed by atoms with Gasteiger partial charge in [0.25, 0.3) is 0 Å². The first-order valence-corrected chi connectivity index (χ1v) is 9.67. The van der Waals surface area contributed by atoms with E-state index < -0.39 is 17.3 Å². The number of nitrogens with zero attached hydrogens (tertiary/aromatic N) is 3. The second-order valence-electron chi connectivity index (χ2n) is 7.55. The quantitative estimate of drug-likeness (QED) is 0.751. The maximum absolute atomic E-state index is 13.1. The average Bonchev–Trinajstić information content (AvgIpc) is 3.07. The Kier molecular flexibility index (Phi) is 4.68. The summed E-state index contributed by atoms with van der Waals surface area (Å²) in [6.07, 6.45) is 0.428. The molecule has 6 nitrogen and oxygen atoms in total. The molecule has 0 aliphatic heterocycles. The minimum atomic E-state index is -4.51. The number of carbonyl (C=O) groups is 1. The number of carbonyl (C=O) groups excluding carboxylic acids is 1. The van der Waals surface area contributed by atoms with Gasteiger partial charge in [0, 0.05) is 6.20 Å². The number of alkyl halides is 3. The van der Waals surface area contributed by atoms with Gasteiger partial charge in [0.15, 0.2) is 5.82 Å². The largest absolute Gasteiger partial charge is 0.466 e. The highest BCUT2D eigenvalue weighted by Crippen LogP contribution is 2.50. The summed E-state index contributed by atoms with van der Waals surface area (Å²) in [5, 5.41) is 6.97. The molecule has 2 heterocycles. The summed E-state index contributed by atoms with van der Waals surface area (Å²) in [6, 6.07) is 0.989. The molecule has 152 valence electrons. The maximum atomic E-state index is 13.1. The first-order chi connectivity index (χ1) is 13.2. The molecule has 2 aromatic heterocycles. The summed E-state index contributed by atoms with van der Waals surface area (Å²) < 4.78 is 45.8. The molecule has 0 radical (unpaired) electrons. The van der Waals surface area contributed by atoms with Crippen molar-refractivity contribution in [1.29, 1.82) is 0 Å². The summed E-state index contributed by atoms with van der Waals surface area (Å²) in [7, 11) is 0. The summed E-state index contributed by atoms with van der Waals surface area (Å²) >= 11 is 5.96.